The minimum atomic E-state index is -0.882. The molecule has 1 rings (SSSR count). The van der Waals surface area contributed by atoms with Crippen molar-refractivity contribution in [2.24, 2.45) is 0 Å². The van der Waals surface area contributed by atoms with Gasteiger partial charge < -0.3 is 20.8 Å². The lowest BCUT2D eigenvalue weighted by molar-refractivity contribution is -0.137. The van der Waals surface area contributed by atoms with E-state index in [0.29, 0.717) is 19.3 Å². The Morgan fingerprint density at radius 1 is 1.13 bits per heavy atom. The highest BCUT2D eigenvalue weighted by molar-refractivity contribution is 5.74. The van der Waals surface area contributed by atoms with Gasteiger partial charge >= 0.3 is 12.0 Å². The summed E-state index contributed by atoms with van der Waals surface area (Å²) in [6.07, 6.45) is 0.916. The molecule has 1 aromatic rings. The van der Waals surface area contributed by atoms with Crippen LogP contribution in [0.15, 0.2) is 30.3 Å². The number of carboxylic acids is 1. The maximum absolute atomic E-state index is 12.0. The molecule has 0 heterocycles. The van der Waals surface area contributed by atoms with E-state index in [1.165, 1.54) is 0 Å². The number of hydrogen-bond acceptors (Lipinski definition) is 3. The number of rotatable bonds is 9. The van der Waals surface area contributed by atoms with Crippen molar-refractivity contribution in [3.05, 3.63) is 35.9 Å². The second-order valence-electron chi connectivity index (χ2n) is 5.92. The number of nitrogens with one attached hydrogen (secondary N) is 2. The van der Waals surface area contributed by atoms with E-state index in [1.54, 1.807) is 6.92 Å². The highest BCUT2D eigenvalue weighted by Crippen LogP contribution is 2.08. The van der Waals surface area contributed by atoms with Crippen LogP contribution >= 0.6 is 0 Å². The molecule has 0 saturated heterocycles. The Kier molecular flexibility index (Phi) is 8.11. The van der Waals surface area contributed by atoms with Crippen LogP contribution in [0.3, 0.4) is 0 Å². The van der Waals surface area contributed by atoms with Gasteiger partial charge in [-0.25, -0.2) is 4.79 Å². The second-order valence-corrected chi connectivity index (χ2v) is 5.92. The largest absolute Gasteiger partial charge is 0.481 e. The van der Waals surface area contributed by atoms with Crippen molar-refractivity contribution < 1.29 is 19.8 Å². The fraction of sp³-hybridized carbons (Fsp3) is 0.529. The zero-order valence-corrected chi connectivity index (χ0v) is 13.7. The predicted octanol–water partition coefficient (Wildman–Crippen LogP) is 1.92. The summed E-state index contributed by atoms with van der Waals surface area (Å²) >= 11 is 0. The highest BCUT2D eigenvalue weighted by Gasteiger charge is 2.16. The average Bonchev–Trinajstić information content (AvgIpc) is 2.44. The SMILES string of the molecule is CC(O)CC(C)NC(=O)NC(CCC(=O)O)Cc1ccccc1. The Morgan fingerprint density at radius 3 is 2.35 bits per heavy atom. The number of aliphatic carboxylic acids is 1. The van der Waals surface area contributed by atoms with E-state index in [1.807, 2.05) is 37.3 Å². The van der Waals surface area contributed by atoms with Gasteiger partial charge in [0.1, 0.15) is 0 Å². The smallest absolute Gasteiger partial charge is 0.315 e. The number of aliphatic hydroxyl groups is 1. The monoisotopic (exact) mass is 322 g/mol. The molecule has 1 aromatic carbocycles. The first-order chi connectivity index (χ1) is 10.9. The molecule has 2 amide bonds. The van der Waals surface area contributed by atoms with Crippen molar-refractivity contribution in [1.82, 2.24) is 10.6 Å². The third-order valence-electron chi connectivity index (χ3n) is 3.44. The fourth-order valence-corrected chi connectivity index (χ4v) is 2.44. The number of benzene rings is 1. The van der Waals surface area contributed by atoms with Crippen molar-refractivity contribution in [3.8, 4) is 0 Å². The van der Waals surface area contributed by atoms with Gasteiger partial charge in [0, 0.05) is 18.5 Å². The van der Waals surface area contributed by atoms with Crippen molar-refractivity contribution in [2.45, 2.75) is 57.7 Å². The van der Waals surface area contributed by atoms with Gasteiger partial charge in [-0.1, -0.05) is 30.3 Å². The first-order valence-corrected chi connectivity index (χ1v) is 7.87. The van der Waals surface area contributed by atoms with E-state index in [-0.39, 0.29) is 24.5 Å². The molecule has 0 aromatic heterocycles. The fourth-order valence-electron chi connectivity index (χ4n) is 2.44. The summed E-state index contributed by atoms with van der Waals surface area (Å²) in [4.78, 5) is 22.8. The summed E-state index contributed by atoms with van der Waals surface area (Å²) in [5.74, 6) is -0.882. The Balaban J connectivity index is 2.57. The molecular weight excluding hydrogens is 296 g/mol. The van der Waals surface area contributed by atoms with Crippen LogP contribution in [0.2, 0.25) is 0 Å². The van der Waals surface area contributed by atoms with Gasteiger partial charge in [0.15, 0.2) is 0 Å². The van der Waals surface area contributed by atoms with E-state index in [9.17, 15) is 14.7 Å². The molecule has 0 fully saturated rings. The lowest BCUT2D eigenvalue weighted by Crippen LogP contribution is -2.46. The third kappa shape index (κ3) is 8.83. The van der Waals surface area contributed by atoms with E-state index in [2.05, 4.69) is 10.6 Å². The Labute approximate surface area is 136 Å². The van der Waals surface area contributed by atoms with Crippen LogP contribution in [0, 0.1) is 0 Å². The highest BCUT2D eigenvalue weighted by atomic mass is 16.4. The molecule has 0 radical (unpaired) electrons. The van der Waals surface area contributed by atoms with E-state index < -0.39 is 12.1 Å². The number of amides is 2. The van der Waals surface area contributed by atoms with Gasteiger partial charge in [-0.05, 0) is 38.7 Å². The molecule has 0 aliphatic carbocycles. The number of aliphatic hydroxyl groups excluding tert-OH is 1. The summed E-state index contributed by atoms with van der Waals surface area (Å²) in [5.41, 5.74) is 1.04. The molecule has 23 heavy (non-hydrogen) atoms. The van der Waals surface area contributed by atoms with E-state index >= 15 is 0 Å². The summed E-state index contributed by atoms with van der Waals surface area (Å²) in [6.45, 7) is 3.48. The molecule has 0 spiro atoms. The van der Waals surface area contributed by atoms with Gasteiger partial charge in [-0.3, -0.25) is 4.79 Å². The molecule has 0 aliphatic heterocycles. The van der Waals surface area contributed by atoms with Gasteiger partial charge in [0.25, 0.3) is 0 Å². The number of carboxylic acid groups (broad SMARTS) is 1. The summed E-state index contributed by atoms with van der Waals surface area (Å²) in [5, 5.41) is 23.8. The van der Waals surface area contributed by atoms with E-state index in [4.69, 9.17) is 5.11 Å². The Hall–Kier alpha value is -2.08. The molecular formula is C17H26N2O4. The minimum Gasteiger partial charge on any atom is -0.481 e. The van der Waals surface area contributed by atoms with Crippen LogP contribution in [0.4, 0.5) is 4.79 Å². The lowest BCUT2D eigenvalue weighted by atomic mass is 10.0. The van der Waals surface area contributed by atoms with E-state index in [0.717, 1.165) is 5.56 Å². The molecule has 0 saturated carbocycles. The quantitative estimate of drug-likeness (QED) is 0.558. The van der Waals surface area contributed by atoms with Gasteiger partial charge in [0.05, 0.1) is 6.10 Å². The summed E-state index contributed by atoms with van der Waals surface area (Å²) < 4.78 is 0. The number of hydrogen-bond donors (Lipinski definition) is 4. The van der Waals surface area contributed by atoms with Gasteiger partial charge in [0.2, 0.25) is 0 Å². The molecule has 0 aliphatic rings. The van der Waals surface area contributed by atoms with Gasteiger partial charge in [-0.15, -0.1) is 0 Å². The van der Waals surface area contributed by atoms with Crippen LogP contribution in [0.1, 0.15) is 38.7 Å². The van der Waals surface area contributed by atoms with Crippen molar-refractivity contribution >= 4 is 12.0 Å². The predicted molar refractivity (Wildman–Crippen MR) is 88.2 cm³/mol. The topological polar surface area (TPSA) is 98.7 Å². The number of carbonyl (C=O) groups excluding carboxylic acids is 1. The zero-order chi connectivity index (χ0) is 17.2. The summed E-state index contributed by atoms with van der Waals surface area (Å²) in [6, 6.07) is 8.87. The number of carbonyl (C=O) groups is 2. The molecule has 0 bridgehead atoms. The lowest BCUT2D eigenvalue weighted by Gasteiger charge is -2.21. The Morgan fingerprint density at radius 2 is 1.78 bits per heavy atom. The van der Waals surface area contributed by atoms with Gasteiger partial charge in [-0.2, -0.15) is 0 Å². The molecule has 128 valence electrons. The minimum absolute atomic E-state index is 0.001000. The number of urea groups is 1. The maximum Gasteiger partial charge on any atom is 0.315 e. The molecule has 3 unspecified atom stereocenters. The molecule has 6 nitrogen and oxygen atoms in total. The first kappa shape index (κ1) is 19.0. The van der Waals surface area contributed by atoms with Crippen LogP contribution in [-0.4, -0.2) is 40.4 Å². The van der Waals surface area contributed by atoms with Crippen molar-refractivity contribution in [3.63, 3.8) is 0 Å². The van der Waals surface area contributed by atoms with Crippen molar-refractivity contribution in [2.75, 3.05) is 0 Å². The summed E-state index contributed by atoms with van der Waals surface area (Å²) in [7, 11) is 0. The van der Waals surface area contributed by atoms with Crippen molar-refractivity contribution in [1.29, 1.82) is 0 Å². The van der Waals surface area contributed by atoms with Crippen LogP contribution < -0.4 is 10.6 Å². The molecule has 6 heteroatoms. The van der Waals surface area contributed by atoms with Crippen LogP contribution in [0.25, 0.3) is 0 Å². The first-order valence-electron chi connectivity index (χ1n) is 7.87. The third-order valence-corrected chi connectivity index (χ3v) is 3.44. The second kappa shape index (κ2) is 9.84. The maximum atomic E-state index is 12.0. The normalized spacial score (nSPS) is 14.6. The molecule has 3 atom stereocenters. The average molecular weight is 322 g/mol. The standard InChI is InChI=1S/C17H26N2O4/c1-12(10-13(2)20)18-17(23)19-15(8-9-16(21)22)11-14-6-4-3-5-7-14/h3-7,12-13,15,20H,8-11H2,1-2H3,(H,21,22)(H2,18,19,23). The Bertz CT molecular complexity index is 491. The zero-order valence-electron chi connectivity index (χ0n) is 13.7. The molecule has 4 N–H and O–H groups in total. The van der Waals surface area contributed by atoms with Crippen LogP contribution in [-0.2, 0) is 11.2 Å². The van der Waals surface area contributed by atoms with Crippen LogP contribution in [0.5, 0.6) is 0 Å².